The van der Waals surface area contributed by atoms with E-state index < -0.39 is 0 Å². The lowest BCUT2D eigenvalue weighted by atomic mass is 9.98. The van der Waals surface area contributed by atoms with Crippen molar-refractivity contribution in [2.24, 2.45) is 0 Å². The van der Waals surface area contributed by atoms with Gasteiger partial charge in [-0.2, -0.15) is 0 Å². The van der Waals surface area contributed by atoms with E-state index in [-0.39, 0.29) is 11.9 Å². The Morgan fingerprint density at radius 3 is 2.80 bits per heavy atom. The Kier molecular flexibility index (Phi) is 5.09. The van der Waals surface area contributed by atoms with Crippen molar-refractivity contribution in [3.8, 4) is 11.5 Å². The second kappa shape index (κ2) is 7.89. The van der Waals surface area contributed by atoms with Crippen molar-refractivity contribution >= 4 is 11.9 Å². The zero-order chi connectivity index (χ0) is 20.7. The number of benzene rings is 2. The molecule has 0 N–H and O–H groups in total. The van der Waals surface area contributed by atoms with Gasteiger partial charge in [-0.15, -0.1) is 0 Å². The van der Waals surface area contributed by atoms with E-state index >= 15 is 0 Å². The molecular weight excluding hydrogens is 378 g/mol. The predicted molar refractivity (Wildman–Crippen MR) is 115 cm³/mol. The molecule has 30 heavy (non-hydrogen) atoms. The van der Waals surface area contributed by atoms with Gasteiger partial charge >= 0.3 is 0 Å². The molecule has 0 bridgehead atoms. The first-order valence-corrected chi connectivity index (χ1v) is 10.8. The number of ketones is 1. The minimum absolute atomic E-state index is 0.0545. The van der Waals surface area contributed by atoms with Crippen molar-refractivity contribution in [3.63, 3.8) is 0 Å². The van der Waals surface area contributed by atoms with E-state index in [1.807, 2.05) is 31.2 Å². The average molecular weight is 405 g/mol. The van der Waals surface area contributed by atoms with Crippen LogP contribution in [0.25, 0.3) is 6.08 Å². The van der Waals surface area contributed by atoms with Gasteiger partial charge < -0.3 is 14.2 Å². The van der Waals surface area contributed by atoms with E-state index in [2.05, 4.69) is 24.0 Å². The van der Waals surface area contributed by atoms with Gasteiger partial charge in [0.2, 0.25) is 5.78 Å². The van der Waals surface area contributed by atoms with Crippen molar-refractivity contribution in [1.82, 2.24) is 4.90 Å². The Balaban J connectivity index is 1.43. The first-order valence-electron chi connectivity index (χ1n) is 10.8. The molecule has 5 heteroatoms. The number of rotatable bonds is 4. The Morgan fingerprint density at radius 1 is 1.23 bits per heavy atom. The first kappa shape index (κ1) is 19.3. The molecule has 5 rings (SSSR count). The summed E-state index contributed by atoms with van der Waals surface area (Å²) in [6, 6.07) is 10.2. The SMILES string of the molecule is CCc1ccc(/C=C2\Oc3c4c(cc(C)c3C2=O)OCN(CC2CCCO2)C4)cc1. The summed E-state index contributed by atoms with van der Waals surface area (Å²) in [6.07, 6.45) is 5.30. The number of ether oxygens (including phenoxy) is 3. The minimum atomic E-state index is -0.0545. The van der Waals surface area contributed by atoms with Crippen LogP contribution in [0.1, 0.15) is 52.4 Å². The van der Waals surface area contributed by atoms with Crippen LogP contribution in [0.2, 0.25) is 0 Å². The van der Waals surface area contributed by atoms with Crippen molar-refractivity contribution < 1.29 is 19.0 Å². The minimum Gasteiger partial charge on any atom is -0.478 e. The quantitative estimate of drug-likeness (QED) is 0.701. The summed E-state index contributed by atoms with van der Waals surface area (Å²) < 4.78 is 18.0. The maximum absolute atomic E-state index is 13.1. The van der Waals surface area contributed by atoms with Crippen LogP contribution in [0.15, 0.2) is 36.1 Å². The van der Waals surface area contributed by atoms with Crippen LogP contribution in [-0.4, -0.2) is 36.7 Å². The molecule has 1 fully saturated rings. The summed E-state index contributed by atoms with van der Waals surface area (Å²) in [5.41, 5.74) is 4.75. The maximum atomic E-state index is 13.1. The van der Waals surface area contributed by atoms with Crippen LogP contribution in [0.3, 0.4) is 0 Å². The smallest absolute Gasteiger partial charge is 0.232 e. The Hall–Kier alpha value is -2.63. The number of carbonyl (C=O) groups excluding carboxylic acids is 1. The summed E-state index contributed by atoms with van der Waals surface area (Å²) >= 11 is 0. The maximum Gasteiger partial charge on any atom is 0.232 e. The number of hydrogen-bond acceptors (Lipinski definition) is 5. The highest BCUT2D eigenvalue weighted by molar-refractivity contribution is 6.15. The van der Waals surface area contributed by atoms with Crippen LogP contribution in [-0.2, 0) is 17.7 Å². The summed E-state index contributed by atoms with van der Waals surface area (Å²) in [7, 11) is 0. The van der Waals surface area contributed by atoms with Crippen LogP contribution in [0, 0.1) is 6.92 Å². The molecule has 0 radical (unpaired) electrons. The highest BCUT2D eigenvalue weighted by Crippen LogP contribution is 2.44. The number of Topliss-reactive ketones (excluding diaryl/α,β-unsaturated/α-hetero) is 1. The topological polar surface area (TPSA) is 48.0 Å². The van der Waals surface area contributed by atoms with Gasteiger partial charge in [-0.25, -0.2) is 0 Å². The van der Waals surface area contributed by atoms with Gasteiger partial charge in [0.15, 0.2) is 5.76 Å². The van der Waals surface area contributed by atoms with Crippen molar-refractivity contribution in [2.45, 2.75) is 45.8 Å². The molecule has 2 aromatic rings. The Morgan fingerprint density at radius 2 is 2.07 bits per heavy atom. The third-order valence-electron chi connectivity index (χ3n) is 6.16. The fourth-order valence-electron chi connectivity index (χ4n) is 4.47. The van der Waals surface area contributed by atoms with Gasteiger partial charge in [-0.3, -0.25) is 9.69 Å². The average Bonchev–Trinajstić information content (AvgIpc) is 3.38. The molecule has 156 valence electrons. The van der Waals surface area contributed by atoms with Crippen LogP contribution >= 0.6 is 0 Å². The number of nitrogens with zero attached hydrogens (tertiary/aromatic N) is 1. The molecule has 1 unspecified atom stereocenters. The standard InChI is InChI=1S/C25H27NO4/c1-3-17-6-8-18(9-7-17)12-22-24(27)23-16(2)11-21-20(25(23)30-22)14-26(15-29-21)13-19-5-4-10-28-19/h6-9,11-12,19H,3-5,10,13-15H2,1-2H3/b22-12-. The fourth-order valence-corrected chi connectivity index (χ4v) is 4.47. The summed E-state index contributed by atoms with van der Waals surface area (Å²) in [6.45, 7) is 6.98. The lowest BCUT2D eigenvalue weighted by Crippen LogP contribution is -2.37. The molecule has 0 aromatic heterocycles. The highest BCUT2D eigenvalue weighted by Gasteiger charge is 2.36. The predicted octanol–water partition coefficient (Wildman–Crippen LogP) is 4.50. The third kappa shape index (κ3) is 3.53. The number of fused-ring (bicyclic) bond motifs is 3. The van der Waals surface area contributed by atoms with Crippen LogP contribution in [0.5, 0.6) is 11.5 Å². The van der Waals surface area contributed by atoms with Gasteiger partial charge in [0.05, 0.1) is 17.2 Å². The number of carbonyl (C=O) groups is 1. The molecule has 3 aliphatic heterocycles. The van der Waals surface area contributed by atoms with Gasteiger partial charge in [-0.05, 0) is 55.0 Å². The first-order chi connectivity index (χ1) is 14.6. The number of allylic oxidation sites excluding steroid dienone is 1. The number of hydrogen-bond donors (Lipinski definition) is 0. The normalized spacial score (nSPS) is 22.0. The Bertz CT molecular complexity index is 1000. The molecule has 1 saturated heterocycles. The van der Waals surface area contributed by atoms with E-state index in [1.165, 1.54) is 5.56 Å². The molecule has 2 aromatic carbocycles. The molecule has 0 amide bonds. The van der Waals surface area contributed by atoms with Gasteiger partial charge in [-0.1, -0.05) is 31.2 Å². The van der Waals surface area contributed by atoms with Gasteiger partial charge in [0.25, 0.3) is 0 Å². The van der Waals surface area contributed by atoms with Crippen LogP contribution in [0.4, 0.5) is 0 Å². The Labute approximate surface area is 177 Å². The summed E-state index contributed by atoms with van der Waals surface area (Å²) in [4.78, 5) is 15.4. The van der Waals surface area contributed by atoms with Crippen molar-refractivity contribution in [3.05, 3.63) is 63.9 Å². The van der Waals surface area contributed by atoms with Gasteiger partial charge in [0.1, 0.15) is 18.2 Å². The zero-order valence-corrected chi connectivity index (χ0v) is 17.6. The third-order valence-corrected chi connectivity index (χ3v) is 6.16. The molecule has 0 spiro atoms. The summed E-state index contributed by atoms with van der Waals surface area (Å²) in [5.74, 6) is 1.79. The lowest BCUT2D eigenvalue weighted by molar-refractivity contribution is 0.0273. The van der Waals surface area contributed by atoms with E-state index in [9.17, 15) is 4.79 Å². The van der Waals surface area contributed by atoms with E-state index in [4.69, 9.17) is 14.2 Å². The molecule has 5 nitrogen and oxygen atoms in total. The lowest BCUT2D eigenvalue weighted by Gasteiger charge is -2.31. The van der Waals surface area contributed by atoms with E-state index in [0.29, 0.717) is 30.3 Å². The zero-order valence-electron chi connectivity index (χ0n) is 17.6. The monoisotopic (exact) mass is 405 g/mol. The van der Waals surface area contributed by atoms with Crippen molar-refractivity contribution in [2.75, 3.05) is 19.9 Å². The van der Waals surface area contributed by atoms with E-state index in [1.54, 1.807) is 0 Å². The molecule has 3 aliphatic rings. The molecule has 1 atom stereocenters. The largest absolute Gasteiger partial charge is 0.478 e. The highest BCUT2D eigenvalue weighted by atomic mass is 16.5. The number of aryl methyl sites for hydroxylation is 2. The van der Waals surface area contributed by atoms with Gasteiger partial charge in [0, 0.05) is 19.7 Å². The van der Waals surface area contributed by atoms with Crippen molar-refractivity contribution in [1.29, 1.82) is 0 Å². The fraction of sp³-hybridized carbons (Fsp3) is 0.400. The molecular formula is C25H27NO4. The molecule has 3 heterocycles. The molecule has 0 saturated carbocycles. The van der Waals surface area contributed by atoms with E-state index in [0.717, 1.165) is 54.9 Å². The molecule has 0 aliphatic carbocycles. The van der Waals surface area contributed by atoms with Crippen LogP contribution < -0.4 is 9.47 Å². The second-order valence-electron chi connectivity index (χ2n) is 8.33. The summed E-state index contributed by atoms with van der Waals surface area (Å²) in [5, 5.41) is 0. The second-order valence-corrected chi connectivity index (χ2v) is 8.33.